The molecule has 168 valence electrons. The first-order chi connectivity index (χ1) is 16.1. The molecule has 1 aromatic heterocycles. The molecule has 1 atom stereocenters. The molecule has 2 aliphatic heterocycles. The second-order valence-corrected chi connectivity index (χ2v) is 9.29. The summed E-state index contributed by atoms with van der Waals surface area (Å²) in [5.74, 6) is -0.721. The quantitative estimate of drug-likeness (QED) is 0.629. The summed E-state index contributed by atoms with van der Waals surface area (Å²) in [7, 11) is 0. The van der Waals surface area contributed by atoms with Gasteiger partial charge in [-0.2, -0.15) is 0 Å². The van der Waals surface area contributed by atoms with Crippen LogP contribution < -0.4 is 10.4 Å². The van der Waals surface area contributed by atoms with E-state index in [4.69, 9.17) is 0 Å². The van der Waals surface area contributed by atoms with Gasteiger partial charge in [0.25, 0.3) is 5.91 Å². The van der Waals surface area contributed by atoms with Gasteiger partial charge in [-0.05, 0) is 54.4 Å². The maximum Gasteiger partial charge on any atom is 0.276 e. The number of piperidine rings is 1. The highest BCUT2D eigenvalue weighted by Crippen LogP contribution is 2.38. The second-order valence-electron chi connectivity index (χ2n) is 9.29. The number of hydrogen-bond acceptors (Lipinski definition) is 4. The summed E-state index contributed by atoms with van der Waals surface area (Å²) in [4.78, 5) is 27.9. The number of rotatable bonds is 1. The van der Waals surface area contributed by atoms with E-state index in [1.165, 1.54) is 28.3 Å². The highest BCUT2D eigenvalue weighted by atomic mass is 16.3. The Bertz CT molecular complexity index is 1250. The standard InChI is InChI=1S/C27H27N3O3/c31-23-14-16-29-25(26(23)32)27(33)28-15-6-5-9-20(28)17-30(29)24-21-10-3-1-7-18(21)12-13-19-8-2-4-11-22(19)24/h1-4,7-8,10-11,14,16,20,24,32H,5-6,9,12-13,15,17H2/t20-/m0/s1. The van der Waals surface area contributed by atoms with Gasteiger partial charge in [-0.3, -0.25) is 19.3 Å². The van der Waals surface area contributed by atoms with Crippen molar-refractivity contribution in [2.24, 2.45) is 0 Å². The average molecular weight is 442 g/mol. The second kappa shape index (κ2) is 7.80. The predicted molar refractivity (Wildman–Crippen MR) is 126 cm³/mol. The predicted octanol–water partition coefficient (Wildman–Crippen LogP) is 3.39. The first kappa shape index (κ1) is 20.1. The molecule has 6 heteroatoms. The first-order valence-electron chi connectivity index (χ1n) is 11.8. The van der Waals surface area contributed by atoms with Gasteiger partial charge in [-0.25, -0.2) is 0 Å². The molecule has 1 amide bonds. The molecule has 33 heavy (non-hydrogen) atoms. The van der Waals surface area contributed by atoms with Crippen molar-refractivity contribution in [1.82, 2.24) is 9.58 Å². The number of carbonyl (C=O) groups is 1. The molecule has 3 aliphatic rings. The van der Waals surface area contributed by atoms with Crippen LogP contribution in [0.25, 0.3) is 0 Å². The summed E-state index contributed by atoms with van der Waals surface area (Å²) in [5.41, 5.74) is 4.56. The summed E-state index contributed by atoms with van der Waals surface area (Å²) in [6.45, 7) is 1.28. The molecule has 6 nitrogen and oxygen atoms in total. The number of aromatic hydroxyl groups is 1. The molecule has 0 radical (unpaired) electrons. The van der Waals surface area contributed by atoms with Gasteiger partial charge in [0.15, 0.2) is 11.4 Å². The van der Waals surface area contributed by atoms with Crippen molar-refractivity contribution in [3.8, 4) is 5.75 Å². The number of fused-ring (bicyclic) bond motifs is 4. The highest BCUT2D eigenvalue weighted by molar-refractivity contribution is 5.96. The van der Waals surface area contributed by atoms with Crippen molar-refractivity contribution in [1.29, 1.82) is 0 Å². The van der Waals surface area contributed by atoms with Crippen molar-refractivity contribution in [3.05, 3.63) is 99.0 Å². The minimum absolute atomic E-state index is 0.0308. The fourth-order valence-corrected chi connectivity index (χ4v) is 5.87. The lowest BCUT2D eigenvalue weighted by Gasteiger charge is -2.40. The number of aryl methyl sites for hydroxylation is 2. The van der Waals surface area contributed by atoms with E-state index in [-0.39, 0.29) is 23.7 Å². The summed E-state index contributed by atoms with van der Waals surface area (Å²) < 4.78 is 1.75. The zero-order valence-corrected chi connectivity index (χ0v) is 18.5. The molecule has 0 bridgehead atoms. The van der Waals surface area contributed by atoms with Gasteiger partial charge in [-0.1, -0.05) is 48.5 Å². The fraction of sp³-hybridized carbons (Fsp3) is 0.333. The van der Waals surface area contributed by atoms with E-state index in [2.05, 4.69) is 53.5 Å². The average Bonchev–Trinajstić information content (AvgIpc) is 3.08. The van der Waals surface area contributed by atoms with Gasteiger partial charge < -0.3 is 10.0 Å². The van der Waals surface area contributed by atoms with Crippen LogP contribution in [0.5, 0.6) is 5.75 Å². The van der Waals surface area contributed by atoms with Crippen molar-refractivity contribution in [2.45, 2.75) is 44.2 Å². The monoisotopic (exact) mass is 441 g/mol. The van der Waals surface area contributed by atoms with Crippen LogP contribution in [0.2, 0.25) is 0 Å². The third-order valence-electron chi connectivity index (χ3n) is 7.48. The Labute approximate surface area is 192 Å². The van der Waals surface area contributed by atoms with Crippen molar-refractivity contribution in [2.75, 3.05) is 18.1 Å². The van der Waals surface area contributed by atoms with E-state index in [1.807, 2.05) is 4.90 Å². The minimum Gasteiger partial charge on any atom is -0.502 e. The van der Waals surface area contributed by atoms with Gasteiger partial charge in [0.2, 0.25) is 5.43 Å². The number of aromatic nitrogens is 1. The maximum atomic E-state index is 13.6. The molecule has 1 saturated heterocycles. The Hall–Kier alpha value is -3.54. The number of pyridine rings is 1. The topological polar surface area (TPSA) is 65.8 Å². The Morgan fingerprint density at radius 1 is 0.848 bits per heavy atom. The Morgan fingerprint density at radius 2 is 1.52 bits per heavy atom. The normalized spacial score (nSPS) is 20.2. The Morgan fingerprint density at radius 3 is 2.21 bits per heavy atom. The van der Waals surface area contributed by atoms with E-state index < -0.39 is 11.2 Å². The number of carbonyl (C=O) groups excluding carboxylic acids is 1. The zero-order valence-electron chi connectivity index (χ0n) is 18.5. The maximum absolute atomic E-state index is 13.6. The van der Waals surface area contributed by atoms with E-state index in [1.54, 1.807) is 10.9 Å². The van der Waals surface area contributed by atoms with E-state index in [0.717, 1.165) is 32.1 Å². The molecule has 2 aromatic carbocycles. The smallest absolute Gasteiger partial charge is 0.276 e. The molecular weight excluding hydrogens is 414 g/mol. The molecule has 3 aromatic rings. The summed E-state index contributed by atoms with van der Waals surface area (Å²) in [6, 6.07) is 18.3. The molecular formula is C27H27N3O3. The number of benzene rings is 2. The SMILES string of the molecule is O=C1c2c(O)c(=O)ccn2N(C2c3ccccc3CCc3ccccc32)C[C@@H]2CCCCN12. The third kappa shape index (κ3) is 3.16. The molecule has 0 spiro atoms. The Kier molecular flexibility index (Phi) is 4.75. The lowest BCUT2D eigenvalue weighted by Crippen LogP contribution is -2.49. The van der Waals surface area contributed by atoms with E-state index >= 15 is 0 Å². The first-order valence-corrected chi connectivity index (χ1v) is 11.8. The molecule has 1 fully saturated rings. The van der Waals surface area contributed by atoms with Crippen LogP contribution in [-0.2, 0) is 12.8 Å². The van der Waals surface area contributed by atoms with Crippen LogP contribution in [0.3, 0.4) is 0 Å². The number of hydrogen-bond donors (Lipinski definition) is 1. The van der Waals surface area contributed by atoms with Crippen molar-refractivity contribution < 1.29 is 9.90 Å². The fourth-order valence-electron chi connectivity index (χ4n) is 5.87. The summed E-state index contributed by atoms with van der Waals surface area (Å²) in [5, 5.41) is 13.0. The molecule has 1 aliphatic carbocycles. The molecule has 1 N–H and O–H groups in total. The van der Waals surface area contributed by atoms with Gasteiger partial charge in [-0.15, -0.1) is 0 Å². The van der Waals surface area contributed by atoms with Gasteiger partial charge in [0.05, 0.1) is 18.6 Å². The van der Waals surface area contributed by atoms with Crippen molar-refractivity contribution in [3.63, 3.8) is 0 Å². The van der Waals surface area contributed by atoms with Crippen LogP contribution >= 0.6 is 0 Å². The summed E-state index contributed by atoms with van der Waals surface area (Å²) >= 11 is 0. The lowest BCUT2D eigenvalue weighted by atomic mass is 9.93. The van der Waals surface area contributed by atoms with E-state index in [9.17, 15) is 14.7 Å². The Balaban J connectivity index is 1.62. The molecule has 6 rings (SSSR count). The molecule has 3 heterocycles. The van der Waals surface area contributed by atoms with Gasteiger partial charge in [0.1, 0.15) is 0 Å². The summed E-state index contributed by atoms with van der Waals surface area (Å²) in [6.07, 6.45) is 6.49. The highest BCUT2D eigenvalue weighted by Gasteiger charge is 2.40. The molecule has 0 unspecified atom stereocenters. The van der Waals surface area contributed by atoms with Gasteiger partial charge >= 0.3 is 0 Å². The van der Waals surface area contributed by atoms with Gasteiger partial charge in [0, 0.05) is 18.8 Å². The molecule has 0 saturated carbocycles. The van der Waals surface area contributed by atoms with Crippen molar-refractivity contribution >= 4 is 5.91 Å². The van der Waals surface area contributed by atoms with E-state index in [0.29, 0.717) is 13.1 Å². The van der Waals surface area contributed by atoms with Crippen LogP contribution in [0, 0.1) is 0 Å². The zero-order chi connectivity index (χ0) is 22.5. The third-order valence-corrected chi connectivity index (χ3v) is 7.48. The number of amides is 1. The lowest BCUT2D eigenvalue weighted by molar-refractivity contribution is 0.0628. The van der Waals surface area contributed by atoms with Crippen LogP contribution in [0.4, 0.5) is 0 Å². The largest absolute Gasteiger partial charge is 0.502 e. The number of nitrogens with zero attached hydrogens (tertiary/aromatic N) is 3. The van der Waals surface area contributed by atoms with Crippen LogP contribution in [-0.4, -0.2) is 39.7 Å². The minimum atomic E-state index is -0.522. The van der Waals surface area contributed by atoms with Crippen LogP contribution in [0.1, 0.15) is 58.0 Å². The van der Waals surface area contributed by atoms with Crippen LogP contribution in [0.15, 0.2) is 65.6 Å².